The molecule has 0 aliphatic carbocycles. The minimum Gasteiger partial charge on any atom is -0.366 e. The number of amides is 2. The van der Waals surface area contributed by atoms with Gasteiger partial charge in [-0.1, -0.05) is 48.2 Å². The second-order valence-electron chi connectivity index (χ2n) is 4.95. The van der Waals surface area contributed by atoms with Crippen LogP contribution in [0.2, 0.25) is 0 Å². The Morgan fingerprint density at radius 2 is 1.96 bits per heavy atom. The highest BCUT2D eigenvalue weighted by Gasteiger charge is 2.35. The van der Waals surface area contributed by atoms with E-state index in [9.17, 15) is 14.0 Å². The summed E-state index contributed by atoms with van der Waals surface area (Å²) in [4.78, 5) is 25.9. The van der Waals surface area contributed by atoms with Crippen LogP contribution in [-0.4, -0.2) is 16.1 Å². The molecule has 2 N–H and O–H groups in total. The number of thiocarbonyl (C=S) groups is 1. The zero-order chi connectivity index (χ0) is 17.3. The SMILES string of the molecule is NC(=O)c1ccccc1N1C(=O)/C(=C/c2cccc(F)c2)SC1=S. The van der Waals surface area contributed by atoms with Gasteiger partial charge in [0.1, 0.15) is 5.82 Å². The first-order valence-electron chi connectivity index (χ1n) is 6.90. The summed E-state index contributed by atoms with van der Waals surface area (Å²) in [7, 11) is 0. The Bertz CT molecular complexity index is 896. The number of carbonyl (C=O) groups excluding carboxylic acids is 2. The van der Waals surface area contributed by atoms with Crippen LogP contribution < -0.4 is 10.6 Å². The Balaban J connectivity index is 2.00. The van der Waals surface area contributed by atoms with E-state index in [0.717, 1.165) is 11.8 Å². The van der Waals surface area contributed by atoms with E-state index in [0.29, 0.717) is 16.2 Å². The second-order valence-corrected chi connectivity index (χ2v) is 6.63. The average Bonchev–Trinajstić information content (AvgIpc) is 2.81. The monoisotopic (exact) mass is 358 g/mol. The fourth-order valence-electron chi connectivity index (χ4n) is 2.30. The van der Waals surface area contributed by atoms with Gasteiger partial charge in [0.25, 0.3) is 11.8 Å². The molecule has 0 saturated carbocycles. The third kappa shape index (κ3) is 3.08. The van der Waals surface area contributed by atoms with Gasteiger partial charge >= 0.3 is 0 Å². The summed E-state index contributed by atoms with van der Waals surface area (Å²) in [6, 6.07) is 12.4. The van der Waals surface area contributed by atoms with E-state index < -0.39 is 11.7 Å². The quantitative estimate of drug-likeness (QED) is 0.675. The number of nitrogens with two attached hydrogens (primary N) is 1. The summed E-state index contributed by atoms with van der Waals surface area (Å²) in [5.74, 6) is -1.41. The molecular formula is C17H11FN2O2S2. The zero-order valence-corrected chi connectivity index (χ0v) is 13.9. The molecule has 0 aromatic heterocycles. The summed E-state index contributed by atoms with van der Waals surface area (Å²) < 4.78 is 13.6. The Morgan fingerprint density at radius 1 is 1.21 bits per heavy atom. The highest BCUT2D eigenvalue weighted by atomic mass is 32.2. The largest absolute Gasteiger partial charge is 0.366 e. The number of nitrogens with zero attached hydrogens (tertiary/aromatic N) is 1. The maximum absolute atomic E-state index is 13.3. The summed E-state index contributed by atoms with van der Waals surface area (Å²) in [6.45, 7) is 0. The number of halogens is 1. The van der Waals surface area contributed by atoms with Crippen LogP contribution in [0.25, 0.3) is 6.08 Å². The van der Waals surface area contributed by atoms with E-state index >= 15 is 0 Å². The van der Waals surface area contributed by atoms with Crippen molar-refractivity contribution in [2.75, 3.05) is 4.90 Å². The number of primary amides is 1. The lowest BCUT2D eigenvalue weighted by atomic mass is 10.1. The number of hydrogen-bond donors (Lipinski definition) is 1. The number of anilines is 1. The van der Waals surface area contributed by atoms with Gasteiger partial charge in [0.2, 0.25) is 0 Å². The van der Waals surface area contributed by atoms with Gasteiger partial charge < -0.3 is 5.73 Å². The Hall–Kier alpha value is -2.51. The van der Waals surface area contributed by atoms with Crippen LogP contribution in [0, 0.1) is 5.82 Å². The van der Waals surface area contributed by atoms with Crippen molar-refractivity contribution in [2.24, 2.45) is 5.73 Å². The first-order chi connectivity index (χ1) is 11.5. The molecule has 0 spiro atoms. The molecule has 3 rings (SSSR count). The van der Waals surface area contributed by atoms with E-state index in [1.54, 1.807) is 36.4 Å². The average molecular weight is 358 g/mol. The van der Waals surface area contributed by atoms with Gasteiger partial charge in [0.05, 0.1) is 16.2 Å². The molecule has 0 unspecified atom stereocenters. The van der Waals surface area contributed by atoms with Gasteiger partial charge in [-0.25, -0.2) is 4.39 Å². The van der Waals surface area contributed by atoms with E-state index in [1.807, 2.05) is 0 Å². The molecule has 1 aliphatic rings. The lowest BCUT2D eigenvalue weighted by Crippen LogP contribution is -2.30. The fraction of sp³-hybridized carbons (Fsp3) is 0. The minimum atomic E-state index is -0.645. The molecule has 0 radical (unpaired) electrons. The molecule has 24 heavy (non-hydrogen) atoms. The van der Waals surface area contributed by atoms with Gasteiger partial charge in [0.15, 0.2) is 4.32 Å². The van der Waals surface area contributed by atoms with Crippen molar-refractivity contribution in [3.05, 3.63) is 70.4 Å². The van der Waals surface area contributed by atoms with Gasteiger partial charge in [-0.3, -0.25) is 14.5 Å². The lowest BCUT2D eigenvalue weighted by Gasteiger charge is -2.17. The molecule has 2 aromatic rings. The molecule has 1 saturated heterocycles. The van der Waals surface area contributed by atoms with E-state index in [-0.39, 0.29) is 15.8 Å². The van der Waals surface area contributed by atoms with Crippen LogP contribution in [0.3, 0.4) is 0 Å². The standard InChI is InChI=1S/C17H11FN2O2S2/c18-11-5-3-4-10(8-11)9-14-16(22)20(17(23)24-14)13-7-2-1-6-12(13)15(19)21/h1-9H,(H2,19,21)/b14-9-. The molecule has 0 atom stereocenters. The minimum absolute atomic E-state index is 0.209. The number of thioether (sulfide) groups is 1. The smallest absolute Gasteiger partial charge is 0.270 e. The zero-order valence-electron chi connectivity index (χ0n) is 12.2. The van der Waals surface area contributed by atoms with Crippen molar-refractivity contribution in [3.63, 3.8) is 0 Å². The molecule has 1 aliphatic heterocycles. The highest BCUT2D eigenvalue weighted by Crippen LogP contribution is 2.37. The predicted octanol–water partition coefficient (Wildman–Crippen LogP) is 3.33. The molecule has 7 heteroatoms. The van der Waals surface area contributed by atoms with E-state index in [2.05, 4.69) is 0 Å². The normalized spacial score (nSPS) is 16.0. The maximum atomic E-state index is 13.3. The number of para-hydroxylation sites is 1. The van der Waals surface area contributed by atoms with Gasteiger partial charge in [-0.2, -0.15) is 0 Å². The topological polar surface area (TPSA) is 63.4 Å². The summed E-state index contributed by atoms with van der Waals surface area (Å²) in [6.07, 6.45) is 1.56. The third-order valence-electron chi connectivity index (χ3n) is 3.35. The molecule has 1 heterocycles. The number of rotatable bonds is 3. The number of carbonyl (C=O) groups is 2. The number of benzene rings is 2. The summed E-state index contributed by atoms with van der Waals surface area (Å²) >= 11 is 6.36. The second kappa shape index (κ2) is 6.54. The van der Waals surface area contributed by atoms with Crippen molar-refractivity contribution in [1.82, 2.24) is 0 Å². The molecule has 2 amide bonds. The van der Waals surface area contributed by atoms with Crippen molar-refractivity contribution >= 4 is 51.9 Å². The molecule has 4 nitrogen and oxygen atoms in total. The van der Waals surface area contributed by atoms with Crippen molar-refractivity contribution in [2.45, 2.75) is 0 Å². The Labute approximate surface area is 147 Å². The summed E-state index contributed by atoms with van der Waals surface area (Å²) in [5, 5.41) is 0. The van der Waals surface area contributed by atoms with Crippen molar-refractivity contribution in [1.29, 1.82) is 0 Å². The molecule has 120 valence electrons. The van der Waals surface area contributed by atoms with Gasteiger partial charge in [0, 0.05) is 0 Å². The van der Waals surface area contributed by atoms with Crippen LogP contribution in [0.5, 0.6) is 0 Å². The third-order valence-corrected chi connectivity index (χ3v) is 4.65. The van der Waals surface area contributed by atoms with E-state index in [1.165, 1.54) is 23.1 Å². The van der Waals surface area contributed by atoms with Crippen molar-refractivity contribution in [3.8, 4) is 0 Å². The molecule has 1 fully saturated rings. The predicted molar refractivity (Wildman–Crippen MR) is 97.0 cm³/mol. The van der Waals surface area contributed by atoms with Gasteiger partial charge in [-0.15, -0.1) is 0 Å². The summed E-state index contributed by atoms with van der Waals surface area (Å²) in [5.41, 5.74) is 6.47. The maximum Gasteiger partial charge on any atom is 0.270 e. The van der Waals surface area contributed by atoms with Crippen molar-refractivity contribution < 1.29 is 14.0 Å². The molecular weight excluding hydrogens is 347 g/mol. The van der Waals surface area contributed by atoms with Crippen LogP contribution in [-0.2, 0) is 4.79 Å². The van der Waals surface area contributed by atoms with Crippen LogP contribution in [0.15, 0.2) is 53.4 Å². The van der Waals surface area contributed by atoms with Gasteiger partial charge in [-0.05, 0) is 35.9 Å². The highest BCUT2D eigenvalue weighted by molar-refractivity contribution is 8.27. The number of hydrogen-bond acceptors (Lipinski definition) is 4. The van der Waals surface area contributed by atoms with Crippen LogP contribution in [0.4, 0.5) is 10.1 Å². The first kappa shape index (κ1) is 16.4. The fourth-order valence-corrected chi connectivity index (χ4v) is 3.59. The molecule has 0 bridgehead atoms. The van der Waals surface area contributed by atoms with Crippen LogP contribution >= 0.6 is 24.0 Å². The Morgan fingerprint density at radius 3 is 2.67 bits per heavy atom. The van der Waals surface area contributed by atoms with E-state index in [4.69, 9.17) is 18.0 Å². The first-order valence-corrected chi connectivity index (χ1v) is 8.12. The molecule has 2 aromatic carbocycles. The Kier molecular flexibility index (Phi) is 4.46. The van der Waals surface area contributed by atoms with Crippen LogP contribution in [0.1, 0.15) is 15.9 Å². The lowest BCUT2D eigenvalue weighted by molar-refractivity contribution is -0.113.